The van der Waals surface area contributed by atoms with E-state index < -0.39 is 33.8 Å². The van der Waals surface area contributed by atoms with Crippen molar-refractivity contribution in [2.45, 2.75) is 0 Å². The van der Waals surface area contributed by atoms with Crippen molar-refractivity contribution < 1.29 is 24.4 Å². The van der Waals surface area contributed by atoms with Crippen LogP contribution in [0, 0.1) is 21.4 Å². The Morgan fingerprint density at radius 1 is 1.46 bits per heavy atom. The monoisotopic (exact) mass is 330 g/mol. The van der Waals surface area contributed by atoms with Crippen LogP contribution in [0.4, 0.5) is 11.4 Å². The van der Waals surface area contributed by atoms with Gasteiger partial charge in [-0.15, -0.1) is 0 Å². The number of nitriles is 1. The number of nitro groups is 1. The largest absolute Gasteiger partial charge is 0.478 e. The number of benzene rings is 1. The number of nitro benzene ring substituents is 1. The number of ether oxygens (including phenoxy) is 1. The first-order valence-electron chi connectivity index (χ1n) is 6.33. The van der Waals surface area contributed by atoms with Gasteiger partial charge in [0.25, 0.3) is 5.69 Å². The van der Waals surface area contributed by atoms with Gasteiger partial charge in [-0.05, 0) is 6.07 Å². The minimum atomic E-state index is -1.45. The molecular formula is C14H10N4O6. The summed E-state index contributed by atoms with van der Waals surface area (Å²) in [5, 5.41) is 29.6. The van der Waals surface area contributed by atoms with E-state index in [0.29, 0.717) is 0 Å². The van der Waals surface area contributed by atoms with Gasteiger partial charge < -0.3 is 20.1 Å². The molecule has 1 heterocycles. The minimum Gasteiger partial charge on any atom is -0.478 e. The average Bonchev–Trinajstić information content (AvgIpc) is 2.89. The van der Waals surface area contributed by atoms with E-state index in [4.69, 9.17) is 11.0 Å². The van der Waals surface area contributed by atoms with Crippen LogP contribution in [0.15, 0.2) is 24.4 Å². The molecule has 0 unspecified atom stereocenters. The first kappa shape index (κ1) is 16.5. The number of nitrogens with zero attached hydrogens (tertiary/aromatic N) is 3. The van der Waals surface area contributed by atoms with Crippen molar-refractivity contribution in [2.75, 3.05) is 12.8 Å². The molecule has 0 spiro atoms. The Bertz CT molecular complexity index is 876. The number of carbonyl (C=O) groups excluding carboxylic acids is 1. The van der Waals surface area contributed by atoms with Crippen LogP contribution in [-0.4, -0.2) is 33.6 Å². The van der Waals surface area contributed by atoms with E-state index in [9.17, 15) is 24.8 Å². The summed E-state index contributed by atoms with van der Waals surface area (Å²) in [5.41, 5.74) is 3.53. The second-order valence-corrected chi connectivity index (χ2v) is 4.51. The number of hydrogen-bond acceptors (Lipinski definition) is 7. The number of anilines is 1. The quantitative estimate of drug-likeness (QED) is 0.482. The van der Waals surface area contributed by atoms with Gasteiger partial charge in [0, 0.05) is 12.3 Å². The summed E-state index contributed by atoms with van der Waals surface area (Å²) in [6.07, 6.45) is 1.05. The Hall–Kier alpha value is -3.87. The number of rotatable bonds is 4. The Morgan fingerprint density at radius 2 is 2.12 bits per heavy atom. The summed E-state index contributed by atoms with van der Waals surface area (Å²) < 4.78 is 5.46. The van der Waals surface area contributed by atoms with Gasteiger partial charge in [-0.3, -0.25) is 10.1 Å². The van der Waals surface area contributed by atoms with Crippen LogP contribution in [0.1, 0.15) is 26.4 Å². The van der Waals surface area contributed by atoms with Crippen molar-refractivity contribution in [3.8, 4) is 11.8 Å². The molecule has 0 aliphatic rings. The number of methoxy groups -OCH3 is 1. The highest BCUT2D eigenvalue weighted by Gasteiger charge is 2.29. The summed E-state index contributed by atoms with van der Waals surface area (Å²) in [6.45, 7) is 0. The highest BCUT2D eigenvalue weighted by Crippen LogP contribution is 2.32. The Morgan fingerprint density at radius 3 is 2.62 bits per heavy atom. The molecule has 3 N–H and O–H groups in total. The molecule has 0 aliphatic heterocycles. The van der Waals surface area contributed by atoms with Crippen molar-refractivity contribution in [1.29, 1.82) is 5.26 Å². The lowest BCUT2D eigenvalue weighted by molar-refractivity contribution is -0.384. The predicted molar refractivity (Wildman–Crippen MR) is 79.8 cm³/mol. The number of aromatic nitrogens is 1. The molecule has 122 valence electrons. The number of nitrogens with two attached hydrogens (primary N) is 1. The van der Waals surface area contributed by atoms with Gasteiger partial charge in [-0.2, -0.15) is 5.26 Å². The fraction of sp³-hybridized carbons (Fsp3) is 0.0714. The standard InChI is InChI=1S/C14H10N4O6/c1-24-14(21)12-10(16)7(5-15)6-17(12)11-8(13(19)20)3-2-4-9(11)18(22)23/h2-4,6H,16H2,1H3,(H,19,20). The smallest absolute Gasteiger partial charge is 0.357 e. The number of hydrogen-bond donors (Lipinski definition) is 2. The molecule has 0 aliphatic carbocycles. The Labute approximate surface area is 134 Å². The second kappa shape index (κ2) is 6.09. The number of nitrogen functional groups attached to an aromatic ring is 1. The molecule has 0 fully saturated rings. The maximum Gasteiger partial charge on any atom is 0.357 e. The van der Waals surface area contributed by atoms with Crippen LogP contribution in [0.3, 0.4) is 0 Å². The fourth-order valence-corrected chi connectivity index (χ4v) is 2.20. The highest BCUT2D eigenvalue weighted by atomic mass is 16.6. The lowest BCUT2D eigenvalue weighted by atomic mass is 10.1. The molecule has 0 bridgehead atoms. The third kappa shape index (κ3) is 2.50. The van der Waals surface area contributed by atoms with Crippen LogP contribution in [0.5, 0.6) is 0 Å². The molecule has 1 aromatic carbocycles. The van der Waals surface area contributed by atoms with Gasteiger partial charge in [0.1, 0.15) is 11.8 Å². The number of aromatic carboxylic acids is 1. The van der Waals surface area contributed by atoms with Gasteiger partial charge in [0.2, 0.25) is 0 Å². The first-order chi connectivity index (χ1) is 11.3. The van der Waals surface area contributed by atoms with Crippen LogP contribution < -0.4 is 5.73 Å². The number of carboxylic acid groups (broad SMARTS) is 1. The molecule has 0 saturated heterocycles. The van der Waals surface area contributed by atoms with E-state index in [1.807, 2.05) is 0 Å². The Kier molecular flexibility index (Phi) is 4.19. The van der Waals surface area contributed by atoms with Gasteiger partial charge in [0.05, 0.1) is 28.8 Å². The highest BCUT2D eigenvalue weighted by molar-refractivity contribution is 5.99. The molecule has 24 heavy (non-hydrogen) atoms. The summed E-state index contributed by atoms with van der Waals surface area (Å²) in [6, 6.07) is 5.13. The summed E-state index contributed by atoms with van der Waals surface area (Å²) in [7, 11) is 1.06. The molecular weight excluding hydrogens is 320 g/mol. The molecule has 0 amide bonds. The summed E-state index contributed by atoms with van der Waals surface area (Å²) >= 11 is 0. The summed E-state index contributed by atoms with van der Waals surface area (Å²) in [5.74, 6) is -2.42. The SMILES string of the molecule is COC(=O)c1c(N)c(C#N)cn1-c1c(C(=O)O)cccc1[N+](=O)[O-]. The minimum absolute atomic E-state index is 0.148. The van der Waals surface area contributed by atoms with Gasteiger partial charge in [-0.1, -0.05) is 6.07 Å². The lowest BCUT2D eigenvalue weighted by Gasteiger charge is -2.11. The molecule has 2 rings (SSSR count). The van der Waals surface area contributed by atoms with Gasteiger partial charge in [-0.25, -0.2) is 9.59 Å². The van der Waals surface area contributed by atoms with Crippen molar-refractivity contribution in [1.82, 2.24) is 4.57 Å². The van der Waals surface area contributed by atoms with Gasteiger partial charge in [0.15, 0.2) is 5.69 Å². The fourth-order valence-electron chi connectivity index (χ4n) is 2.20. The average molecular weight is 330 g/mol. The van der Waals surface area contributed by atoms with E-state index in [-0.39, 0.29) is 16.9 Å². The predicted octanol–water partition coefficient (Wildman–Crippen LogP) is 1.32. The van der Waals surface area contributed by atoms with E-state index in [1.54, 1.807) is 6.07 Å². The van der Waals surface area contributed by atoms with Crippen molar-refractivity contribution in [3.05, 3.63) is 51.3 Å². The molecule has 2 aromatic rings. The number of carbonyl (C=O) groups is 2. The second-order valence-electron chi connectivity index (χ2n) is 4.51. The zero-order valence-corrected chi connectivity index (χ0v) is 12.2. The van der Waals surface area contributed by atoms with Crippen LogP contribution in [0.2, 0.25) is 0 Å². The molecule has 1 aromatic heterocycles. The van der Waals surface area contributed by atoms with E-state index in [1.165, 1.54) is 6.07 Å². The first-order valence-corrected chi connectivity index (χ1v) is 6.33. The molecule has 0 saturated carbocycles. The third-order valence-electron chi connectivity index (χ3n) is 3.23. The Balaban J connectivity index is 2.97. The zero-order valence-electron chi connectivity index (χ0n) is 12.2. The zero-order chi connectivity index (χ0) is 18.0. The maximum absolute atomic E-state index is 12.0. The van der Waals surface area contributed by atoms with Crippen LogP contribution in [-0.2, 0) is 4.74 Å². The number of carboxylic acids is 1. The molecule has 10 heteroatoms. The van der Waals surface area contributed by atoms with Crippen molar-refractivity contribution in [2.24, 2.45) is 0 Å². The topological polar surface area (TPSA) is 161 Å². The van der Waals surface area contributed by atoms with Gasteiger partial charge >= 0.3 is 11.9 Å². The number of para-hydroxylation sites is 1. The summed E-state index contributed by atoms with van der Waals surface area (Å²) in [4.78, 5) is 33.9. The molecule has 0 radical (unpaired) electrons. The van der Waals surface area contributed by atoms with Crippen LogP contribution in [0.25, 0.3) is 5.69 Å². The van der Waals surface area contributed by atoms with Crippen LogP contribution >= 0.6 is 0 Å². The number of esters is 1. The van der Waals surface area contributed by atoms with Crippen molar-refractivity contribution in [3.63, 3.8) is 0 Å². The molecule has 10 nitrogen and oxygen atoms in total. The van der Waals surface area contributed by atoms with E-state index in [0.717, 1.165) is 30.0 Å². The van der Waals surface area contributed by atoms with E-state index in [2.05, 4.69) is 4.74 Å². The normalized spacial score (nSPS) is 10.0. The maximum atomic E-state index is 12.0. The lowest BCUT2D eigenvalue weighted by Crippen LogP contribution is -2.15. The molecule has 0 atom stereocenters. The van der Waals surface area contributed by atoms with Crippen molar-refractivity contribution >= 4 is 23.3 Å². The third-order valence-corrected chi connectivity index (χ3v) is 3.23. The van der Waals surface area contributed by atoms with E-state index >= 15 is 0 Å².